The van der Waals surface area contributed by atoms with Crippen molar-refractivity contribution in [2.45, 2.75) is 32.6 Å². The zero-order valence-corrected chi connectivity index (χ0v) is 9.74. The SMILES string of the molecule is CCCCOC(=O)COC(=O)N1CCCC1. The molecule has 0 atom stereocenters. The van der Waals surface area contributed by atoms with Crippen LogP contribution in [-0.2, 0) is 14.3 Å². The number of carbonyl (C=O) groups excluding carboxylic acids is 2. The van der Waals surface area contributed by atoms with E-state index in [2.05, 4.69) is 0 Å². The number of likely N-dealkylation sites (tertiary alicyclic amines) is 1. The first-order valence-corrected chi connectivity index (χ1v) is 5.81. The van der Waals surface area contributed by atoms with Crippen molar-refractivity contribution in [3.05, 3.63) is 0 Å². The number of rotatable bonds is 5. The van der Waals surface area contributed by atoms with E-state index in [1.165, 1.54) is 0 Å². The molecule has 0 aromatic rings. The third-order valence-corrected chi connectivity index (χ3v) is 2.44. The Balaban J connectivity index is 2.08. The first-order valence-electron chi connectivity index (χ1n) is 5.81. The van der Waals surface area contributed by atoms with Gasteiger partial charge in [0.1, 0.15) is 0 Å². The first kappa shape index (κ1) is 12.8. The number of nitrogens with zero attached hydrogens (tertiary/aromatic N) is 1. The van der Waals surface area contributed by atoms with Gasteiger partial charge in [-0.3, -0.25) is 0 Å². The fourth-order valence-corrected chi connectivity index (χ4v) is 1.48. The van der Waals surface area contributed by atoms with Gasteiger partial charge in [-0.25, -0.2) is 9.59 Å². The Morgan fingerprint density at radius 1 is 1.19 bits per heavy atom. The summed E-state index contributed by atoms with van der Waals surface area (Å²) in [6, 6.07) is 0. The van der Waals surface area contributed by atoms with Crippen LogP contribution in [0.3, 0.4) is 0 Å². The van der Waals surface area contributed by atoms with E-state index in [0.717, 1.165) is 38.8 Å². The van der Waals surface area contributed by atoms with Gasteiger partial charge in [0.15, 0.2) is 6.61 Å². The number of unbranched alkanes of at least 4 members (excludes halogenated alkanes) is 1. The molecule has 0 aromatic carbocycles. The molecule has 1 aliphatic rings. The summed E-state index contributed by atoms with van der Waals surface area (Å²) in [7, 11) is 0. The normalized spacial score (nSPS) is 14.9. The predicted octanol–water partition coefficient (Wildman–Crippen LogP) is 1.56. The maximum absolute atomic E-state index is 11.4. The summed E-state index contributed by atoms with van der Waals surface area (Å²) in [6.45, 7) is 3.59. The number of esters is 1. The molecule has 1 amide bonds. The molecule has 1 rings (SSSR count). The van der Waals surface area contributed by atoms with Gasteiger partial charge in [-0.05, 0) is 19.3 Å². The molecule has 1 fully saturated rings. The summed E-state index contributed by atoms with van der Waals surface area (Å²) in [4.78, 5) is 24.1. The van der Waals surface area contributed by atoms with Crippen molar-refractivity contribution in [1.82, 2.24) is 4.90 Å². The zero-order valence-electron chi connectivity index (χ0n) is 9.74. The lowest BCUT2D eigenvalue weighted by molar-refractivity contribution is -0.147. The van der Waals surface area contributed by atoms with Gasteiger partial charge in [0.05, 0.1) is 6.61 Å². The Bertz CT molecular complexity index is 236. The molecule has 16 heavy (non-hydrogen) atoms. The largest absolute Gasteiger partial charge is 0.463 e. The minimum absolute atomic E-state index is 0.279. The second-order valence-electron chi connectivity index (χ2n) is 3.82. The van der Waals surface area contributed by atoms with Crippen LogP contribution in [0, 0.1) is 0 Å². The summed E-state index contributed by atoms with van der Waals surface area (Å²) in [6.07, 6.45) is 3.42. The van der Waals surface area contributed by atoms with Crippen molar-refractivity contribution >= 4 is 12.1 Å². The summed E-state index contributed by atoms with van der Waals surface area (Å²) in [5.74, 6) is -0.471. The molecule has 5 heteroatoms. The molecule has 1 heterocycles. The molecule has 1 saturated heterocycles. The van der Waals surface area contributed by atoms with E-state index in [9.17, 15) is 9.59 Å². The molecule has 1 aliphatic heterocycles. The maximum Gasteiger partial charge on any atom is 0.410 e. The van der Waals surface area contributed by atoms with Crippen LogP contribution in [0.5, 0.6) is 0 Å². The number of hydrogen-bond donors (Lipinski definition) is 0. The highest BCUT2D eigenvalue weighted by atomic mass is 16.6. The van der Waals surface area contributed by atoms with Crippen LogP contribution < -0.4 is 0 Å². The standard InChI is InChI=1S/C11H19NO4/c1-2-3-8-15-10(13)9-16-11(14)12-6-4-5-7-12/h2-9H2,1H3. The molecule has 0 spiro atoms. The Kier molecular flexibility index (Phi) is 5.67. The minimum Gasteiger partial charge on any atom is -0.463 e. The third kappa shape index (κ3) is 4.51. The topological polar surface area (TPSA) is 55.8 Å². The molecule has 0 unspecified atom stereocenters. The molecule has 92 valence electrons. The minimum atomic E-state index is -0.471. The van der Waals surface area contributed by atoms with Crippen LogP contribution in [0.25, 0.3) is 0 Å². The van der Waals surface area contributed by atoms with Gasteiger partial charge in [-0.1, -0.05) is 13.3 Å². The van der Waals surface area contributed by atoms with E-state index >= 15 is 0 Å². The Labute approximate surface area is 95.7 Å². The summed E-state index contributed by atoms with van der Waals surface area (Å²) >= 11 is 0. The molecule has 0 radical (unpaired) electrons. The predicted molar refractivity (Wildman–Crippen MR) is 58.0 cm³/mol. The maximum atomic E-state index is 11.4. The fourth-order valence-electron chi connectivity index (χ4n) is 1.48. The van der Waals surface area contributed by atoms with Crippen molar-refractivity contribution in [2.75, 3.05) is 26.3 Å². The van der Waals surface area contributed by atoms with E-state index < -0.39 is 12.1 Å². The van der Waals surface area contributed by atoms with Crippen LogP contribution in [0.1, 0.15) is 32.6 Å². The number of ether oxygens (including phenoxy) is 2. The summed E-state index contributed by atoms with van der Waals surface area (Å²) < 4.78 is 9.69. The van der Waals surface area contributed by atoms with Gasteiger partial charge in [-0.15, -0.1) is 0 Å². The van der Waals surface area contributed by atoms with Crippen LogP contribution >= 0.6 is 0 Å². The van der Waals surface area contributed by atoms with Crippen molar-refractivity contribution in [1.29, 1.82) is 0 Å². The fraction of sp³-hybridized carbons (Fsp3) is 0.818. The smallest absolute Gasteiger partial charge is 0.410 e. The van der Waals surface area contributed by atoms with E-state index in [1.54, 1.807) is 4.90 Å². The lowest BCUT2D eigenvalue weighted by atomic mass is 10.4. The third-order valence-electron chi connectivity index (χ3n) is 2.44. The van der Waals surface area contributed by atoms with Crippen LogP contribution in [0.15, 0.2) is 0 Å². The van der Waals surface area contributed by atoms with Crippen molar-refractivity contribution in [2.24, 2.45) is 0 Å². The highest BCUT2D eigenvalue weighted by Crippen LogP contribution is 2.08. The van der Waals surface area contributed by atoms with E-state index in [1.807, 2.05) is 6.92 Å². The van der Waals surface area contributed by atoms with Gasteiger partial charge in [0.2, 0.25) is 0 Å². The second kappa shape index (κ2) is 7.09. The van der Waals surface area contributed by atoms with E-state index in [-0.39, 0.29) is 6.61 Å². The highest BCUT2D eigenvalue weighted by Gasteiger charge is 2.20. The van der Waals surface area contributed by atoms with Gasteiger partial charge in [-0.2, -0.15) is 0 Å². The lowest BCUT2D eigenvalue weighted by Gasteiger charge is -2.14. The average molecular weight is 229 g/mol. The molecule has 0 bridgehead atoms. The number of amides is 1. The molecular weight excluding hydrogens is 210 g/mol. The Morgan fingerprint density at radius 2 is 1.88 bits per heavy atom. The molecular formula is C11H19NO4. The van der Waals surface area contributed by atoms with E-state index in [4.69, 9.17) is 9.47 Å². The summed E-state index contributed by atoms with van der Waals surface area (Å²) in [5.41, 5.74) is 0. The summed E-state index contributed by atoms with van der Waals surface area (Å²) in [5, 5.41) is 0. The van der Waals surface area contributed by atoms with Crippen molar-refractivity contribution in [3.8, 4) is 0 Å². The Morgan fingerprint density at radius 3 is 2.50 bits per heavy atom. The van der Waals surface area contributed by atoms with Crippen molar-refractivity contribution < 1.29 is 19.1 Å². The molecule has 0 saturated carbocycles. The van der Waals surface area contributed by atoms with Crippen LogP contribution in [-0.4, -0.2) is 43.3 Å². The van der Waals surface area contributed by atoms with Gasteiger partial charge < -0.3 is 14.4 Å². The quantitative estimate of drug-likeness (QED) is 0.530. The molecule has 0 aliphatic carbocycles. The number of carbonyl (C=O) groups is 2. The second-order valence-corrected chi connectivity index (χ2v) is 3.82. The Hall–Kier alpha value is -1.26. The van der Waals surface area contributed by atoms with Gasteiger partial charge >= 0.3 is 12.1 Å². The average Bonchev–Trinajstić information content (AvgIpc) is 2.79. The van der Waals surface area contributed by atoms with Crippen molar-refractivity contribution in [3.63, 3.8) is 0 Å². The molecule has 5 nitrogen and oxygen atoms in total. The van der Waals surface area contributed by atoms with Crippen LogP contribution in [0.4, 0.5) is 4.79 Å². The van der Waals surface area contributed by atoms with Gasteiger partial charge in [0, 0.05) is 13.1 Å². The lowest BCUT2D eigenvalue weighted by Crippen LogP contribution is -2.30. The van der Waals surface area contributed by atoms with E-state index in [0.29, 0.717) is 6.61 Å². The first-order chi connectivity index (χ1) is 7.74. The zero-order chi connectivity index (χ0) is 11.8. The molecule has 0 aromatic heterocycles. The molecule has 0 N–H and O–H groups in total. The number of hydrogen-bond acceptors (Lipinski definition) is 4. The monoisotopic (exact) mass is 229 g/mol. The van der Waals surface area contributed by atoms with Crippen LogP contribution in [0.2, 0.25) is 0 Å². The highest BCUT2D eigenvalue weighted by molar-refractivity contribution is 5.75. The van der Waals surface area contributed by atoms with Gasteiger partial charge in [0.25, 0.3) is 0 Å².